The summed E-state index contributed by atoms with van der Waals surface area (Å²) in [5.41, 5.74) is 6.77. The summed E-state index contributed by atoms with van der Waals surface area (Å²) in [5, 5.41) is 0. The van der Waals surface area contributed by atoms with E-state index in [2.05, 4.69) is 50.1 Å². The maximum atomic E-state index is 13.7. The van der Waals surface area contributed by atoms with Crippen LogP contribution < -0.4 is 9.80 Å². The molecule has 7 heteroatoms. The third kappa shape index (κ3) is 5.67. The average Bonchev–Trinajstić information content (AvgIpc) is 3.09. The number of nitrogens with zero attached hydrogens (tertiary/aromatic N) is 6. The number of anilines is 2. The normalized spacial score (nSPS) is 18.6. The zero-order chi connectivity index (χ0) is 27.5. The molecule has 0 unspecified atom stereocenters. The molecule has 0 bridgehead atoms. The number of benzene rings is 2. The van der Waals surface area contributed by atoms with Gasteiger partial charge >= 0.3 is 0 Å². The fourth-order valence-corrected chi connectivity index (χ4v) is 5.91. The van der Waals surface area contributed by atoms with E-state index < -0.39 is 0 Å². The SMILES string of the molecule is [C-]#[N+]c1cccc(N2CCN(C(=O)c3cc(CN4CCCN(c5ccccc5[CH])CC4)c(C)n3C)[C@@H](C)C2)c1. The summed E-state index contributed by atoms with van der Waals surface area (Å²) in [6.07, 6.45) is 1.08. The molecule has 1 amide bonds. The van der Waals surface area contributed by atoms with E-state index in [1.807, 2.05) is 54.4 Å². The minimum atomic E-state index is 0.0727. The summed E-state index contributed by atoms with van der Waals surface area (Å²) in [6, 6.07) is 18.0. The third-order valence-corrected chi connectivity index (χ3v) is 8.33. The molecule has 5 rings (SSSR count). The minimum absolute atomic E-state index is 0.0727. The van der Waals surface area contributed by atoms with Crippen LogP contribution in [0.15, 0.2) is 54.6 Å². The molecule has 3 aromatic rings. The minimum Gasteiger partial charge on any atom is -0.370 e. The molecular weight excluding hydrogens is 484 g/mol. The average molecular weight is 523 g/mol. The van der Waals surface area contributed by atoms with Crippen molar-refractivity contribution < 1.29 is 4.79 Å². The van der Waals surface area contributed by atoms with Gasteiger partial charge in [0.25, 0.3) is 5.91 Å². The van der Waals surface area contributed by atoms with Crippen LogP contribution in [0.2, 0.25) is 0 Å². The number of aromatic nitrogens is 1. The van der Waals surface area contributed by atoms with E-state index in [0.717, 1.165) is 80.6 Å². The summed E-state index contributed by atoms with van der Waals surface area (Å²) in [6.45, 7) is 24.7. The Kier molecular flexibility index (Phi) is 7.94. The molecule has 2 aliphatic rings. The molecule has 2 saturated heterocycles. The van der Waals surface area contributed by atoms with E-state index in [1.54, 1.807) is 0 Å². The quantitative estimate of drug-likeness (QED) is 0.442. The molecule has 0 aliphatic carbocycles. The molecule has 0 saturated carbocycles. The standard InChI is InChI=1S/C32H38N6O/c1-24-10-6-7-13-30(24)36-15-9-14-35(16-17-36)23-27-20-31(34(5)26(27)3)32(39)38-19-18-37(22-25(38)2)29-12-8-11-28(21-29)33-4/h1,6-8,10-13,20-21,25H,9,14-19,22-23H2,2-3,5H3/t25-/m0/s1. The van der Waals surface area contributed by atoms with Crippen molar-refractivity contribution >= 4 is 23.0 Å². The molecule has 1 aromatic heterocycles. The molecule has 39 heavy (non-hydrogen) atoms. The largest absolute Gasteiger partial charge is 0.370 e. The molecule has 2 aliphatic heterocycles. The number of carbonyl (C=O) groups is 1. The van der Waals surface area contributed by atoms with Gasteiger partial charge in [-0.1, -0.05) is 30.3 Å². The molecule has 7 nitrogen and oxygen atoms in total. The molecule has 3 heterocycles. The summed E-state index contributed by atoms with van der Waals surface area (Å²) in [5.74, 6) is 0.0931. The van der Waals surface area contributed by atoms with Gasteiger partial charge in [0.2, 0.25) is 0 Å². The van der Waals surface area contributed by atoms with Crippen LogP contribution in [0.1, 0.15) is 40.7 Å². The van der Waals surface area contributed by atoms with Gasteiger partial charge in [-0.15, -0.1) is 0 Å². The lowest BCUT2D eigenvalue weighted by Gasteiger charge is -2.41. The van der Waals surface area contributed by atoms with E-state index in [0.29, 0.717) is 12.2 Å². The smallest absolute Gasteiger partial charge is 0.270 e. The van der Waals surface area contributed by atoms with Crippen LogP contribution in [0.3, 0.4) is 0 Å². The number of para-hydroxylation sites is 1. The van der Waals surface area contributed by atoms with Crippen LogP contribution in [0, 0.1) is 20.4 Å². The van der Waals surface area contributed by atoms with Crippen LogP contribution in [-0.2, 0) is 13.6 Å². The van der Waals surface area contributed by atoms with Crippen LogP contribution in [0.25, 0.3) is 4.85 Å². The number of hydrogen-bond donors (Lipinski definition) is 0. The van der Waals surface area contributed by atoms with Crippen LogP contribution in [0.5, 0.6) is 0 Å². The number of amides is 1. The second kappa shape index (κ2) is 11.5. The number of rotatable bonds is 5. The first kappa shape index (κ1) is 26.8. The van der Waals surface area contributed by atoms with Crippen LogP contribution in [0.4, 0.5) is 17.1 Å². The van der Waals surface area contributed by atoms with Gasteiger partial charge in [0, 0.05) is 89.4 Å². The summed E-state index contributed by atoms with van der Waals surface area (Å²) in [7, 11) is 2.01. The lowest BCUT2D eigenvalue weighted by Crippen LogP contribution is -2.54. The fourth-order valence-electron chi connectivity index (χ4n) is 5.91. The highest BCUT2D eigenvalue weighted by atomic mass is 16.2. The highest BCUT2D eigenvalue weighted by Crippen LogP contribution is 2.26. The maximum absolute atomic E-state index is 13.7. The Hall–Kier alpha value is -3.76. The Morgan fingerprint density at radius 3 is 2.56 bits per heavy atom. The first-order valence-electron chi connectivity index (χ1n) is 13.9. The maximum Gasteiger partial charge on any atom is 0.270 e. The zero-order valence-corrected chi connectivity index (χ0v) is 23.3. The third-order valence-electron chi connectivity index (χ3n) is 8.33. The summed E-state index contributed by atoms with van der Waals surface area (Å²) in [4.78, 5) is 26.5. The molecular formula is C32H38N6O. The van der Waals surface area contributed by atoms with Gasteiger partial charge in [-0.2, -0.15) is 0 Å². The Balaban J connectivity index is 1.24. The van der Waals surface area contributed by atoms with Crippen molar-refractivity contribution in [2.75, 3.05) is 55.6 Å². The molecule has 2 aromatic carbocycles. The molecule has 2 fully saturated rings. The molecule has 2 radical (unpaired) electrons. The van der Waals surface area contributed by atoms with Gasteiger partial charge in [0.1, 0.15) is 5.69 Å². The Morgan fingerprint density at radius 1 is 1.00 bits per heavy atom. The number of piperazine rings is 1. The van der Waals surface area contributed by atoms with Crippen molar-refractivity contribution in [1.82, 2.24) is 14.4 Å². The highest BCUT2D eigenvalue weighted by molar-refractivity contribution is 5.93. The van der Waals surface area contributed by atoms with Gasteiger partial charge in [-0.25, -0.2) is 4.85 Å². The van der Waals surface area contributed by atoms with E-state index in [4.69, 9.17) is 13.5 Å². The Labute approximate surface area is 233 Å². The van der Waals surface area contributed by atoms with Crippen molar-refractivity contribution in [2.24, 2.45) is 7.05 Å². The molecule has 0 N–H and O–H groups in total. The van der Waals surface area contributed by atoms with Crippen molar-refractivity contribution in [2.45, 2.75) is 32.9 Å². The van der Waals surface area contributed by atoms with Gasteiger partial charge < -0.3 is 19.3 Å². The monoisotopic (exact) mass is 522 g/mol. The van der Waals surface area contributed by atoms with E-state index in [9.17, 15) is 4.79 Å². The number of carbonyl (C=O) groups excluding carboxylic acids is 1. The first-order chi connectivity index (χ1) is 18.9. The molecule has 202 valence electrons. The van der Waals surface area contributed by atoms with Crippen molar-refractivity contribution in [3.05, 3.63) is 95.5 Å². The predicted octanol–water partition coefficient (Wildman–Crippen LogP) is 5.01. The van der Waals surface area contributed by atoms with Crippen molar-refractivity contribution in [3.8, 4) is 0 Å². The number of hydrogen-bond acceptors (Lipinski definition) is 4. The Morgan fingerprint density at radius 2 is 1.79 bits per heavy atom. The van der Waals surface area contributed by atoms with E-state index in [1.165, 1.54) is 5.56 Å². The van der Waals surface area contributed by atoms with Gasteiger partial charge in [-0.05, 0) is 55.7 Å². The van der Waals surface area contributed by atoms with Crippen molar-refractivity contribution in [1.29, 1.82) is 0 Å². The lowest BCUT2D eigenvalue weighted by molar-refractivity contribution is 0.0664. The van der Waals surface area contributed by atoms with Crippen molar-refractivity contribution in [3.63, 3.8) is 0 Å². The Bertz CT molecular complexity index is 1370. The summed E-state index contributed by atoms with van der Waals surface area (Å²) < 4.78 is 2.06. The topological polar surface area (TPSA) is 39.3 Å². The fraction of sp³-hybridized carbons (Fsp3) is 0.406. The predicted molar refractivity (Wildman–Crippen MR) is 158 cm³/mol. The van der Waals surface area contributed by atoms with Crippen LogP contribution >= 0.6 is 0 Å². The second-order valence-corrected chi connectivity index (χ2v) is 10.8. The molecule has 1 atom stereocenters. The van der Waals surface area contributed by atoms with Gasteiger partial charge in [-0.3, -0.25) is 9.69 Å². The van der Waals surface area contributed by atoms with Crippen LogP contribution in [-0.4, -0.2) is 72.1 Å². The zero-order valence-electron chi connectivity index (χ0n) is 23.3. The summed E-state index contributed by atoms with van der Waals surface area (Å²) >= 11 is 0. The lowest BCUT2D eigenvalue weighted by atomic mass is 10.1. The first-order valence-corrected chi connectivity index (χ1v) is 13.9. The van der Waals surface area contributed by atoms with E-state index >= 15 is 0 Å². The van der Waals surface area contributed by atoms with Gasteiger partial charge in [0.05, 0.1) is 6.57 Å². The van der Waals surface area contributed by atoms with E-state index in [-0.39, 0.29) is 11.9 Å². The molecule has 0 spiro atoms. The highest BCUT2D eigenvalue weighted by Gasteiger charge is 2.30. The second-order valence-electron chi connectivity index (χ2n) is 10.8. The van der Waals surface area contributed by atoms with Gasteiger partial charge in [0.15, 0.2) is 5.69 Å².